The lowest BCUT2D eigenvalue weighted by atomic mass is 10.2. The van der Waals surface area contributed by atoms with Crippen LogP contribution in [0.15, 0.2) is 27.3 Å². The molecule has 0 aromatic heterocycles. The smallest absolute Gasteiger partial charge is 0.125 e. The highest BCUT2D eigenvalue weighted by molar-refractivity contribution is 9.11. The zero-order valence-corrected chi connectivity index (χ0v) is 10.0. The van der Waals surface area contributed by atoms with E-state index in [0.717, 1.165) is 5.56 Å². The maximum absolute atomic E-state index is 12.8. The molecule has 0 aliphatic carbocycles. The Kier molecular flexibility index (Phi) is 3.93. The highest BCUT2D eigenvalue weighted by atomic mass is 79.9. The first kappa shape index (κ1) is 10.7. The molecule has 0 heterocycles. The van der Waals surface area contributed by atoms with Crippen molar-refractivity contribution in [3.05, 3.63) is 38.7 Å². The molecular weight excluding hydrogens is 303 g/mol. The number of ether oxygens (including phenoxy) is 1. The van der Waals surface area contributed by atoms with Crippen LogP contribution in [-0.4, -0.2) is 7.11 Å². The van der Waals surface area contributed by atoms with E-state index >= 15 is 0 Å². The quantitative estimate of drug-likeness (QED) is 0.751. The summed E-state index contributed by atoms with van der Waals surface area (Å²) in [6.07, 6.45) is 3.27. The topological polar surface area (TPSA) is 9.23 Å². The first-order valence-electron chi connectivity index (χ1n) is 3.49. The first-order chi connectivity index (χ1) is 6.15. The zero-order valence-electron chi connectivity index (χ0n) is 6.85. The van der Waals surface area contributed by atoms with Gasteiger partial charge in [0.25, 0.3) is 0 Å². The predicted molar refractivity (Wildman–Crippen MR) is 57.8 cm³/mol. The molecule has 0 aliphatic rings. The molecule has 1 rings (SSSR count). The third-order valence-electron chi connectivity index (χ3n) is 1.41. The van der Waals surface area contributed by atoms with Gasteiger partial charge in [-0.2, -0.15) is 0 Å². The summed E-state index contributed by atoms with van der Waals surface area (Å²) in [6.45, 7) is 0. The van der Waals surface area contributed by atoms with E-state index in [4.69, 9.17) is 4.74 Å². The Morgan fingerprint density at radius 2 is 1.85 bits per heavy atom. The summed E-state index contributed by atoms with van der Waals surface area (Å²) < 4.78 is 19.0. The van der Waals surface area contributed by atoms with Crippen molar-refractivity contribution < 1.29 is 9.13 Å². The van der Waals surface area contributed by atoms with Crippen LogP contribution in [0.5, 0.6) is 0 Å². The Labute approximate surface area is 92.9 Å². The van der Waals surface area contributed by atoms with E-state index in [2.05, 4.69) is 31.9 Å². The molecule has 0 unspecified atom stereocenters. The van der Waals surface area contributed by atoms with Crippen LogP contribution in [0, 0.1) is 5.82 Å². The minimum absolute atomic E-state index is 0.284. The van der Waals surface area contributed by atoms with Crippen LogP contribution < -0.4 is 0 Å². The van der Waals surface area contributed by atoms with Crippen LogP contribution in [0.2, 0.25) is 0 Å². The highest BCUT2D eigenvalue weighted by Gasteiger charge is 2.04. The Hall–Kier alpha value is -0.350. The molecule has 1 nitrogen and oxygen atoms in total. The molecule has 1 aromatic rings. The van der Waals surface area contributed by atoms with Crippen LogP contribution in [0.3, 0.4) is 0 Å². The van der Waals surface area contributed by atoms with E-state index in [1.54, 1.807) is 13.2 Å². The first-order valence-corrected chi connectivity index (χ1v) is 5.07. The van der Waals surface area contributed by atoms with Gasteiger partial charge >= 0.3 is 0 Å². The van der Waals surface area contributed by atoms with Crippen molar-refractivity contribution in [2.75, 3.05) is 7.11 Å². The number of methoxy groups -OCH3 is 1. The van der Waals surface area contributed by atoms with E-state index < -0.39 is 0 Å². The van der Waals surface area contributed by atoms with Gasteiger partial charge in [0.15, 0.2) is 0 Å². The molecule has 0 saturated heterocycles. The second kappa shape index (κ2) is 4.77. The van der Waals surface area contributed by atoms with E-state index in [1.807, 2.05) is 0 Å². The Balaban J connectivity index is 3.13. The Morgan fingerprint density at radius 1 is 1.31 bits per heavy atom. The van der Waals surface area contributed by atoms with E-state index in [-0.39, 0.29) is 5.82 Å². The molecule has 0 saturated carbocycles. The summed E-state index contributed by atoms with van der Waals surface area (Å²) in [4.78, 5) is 0. The fourth-order valence-electron chi connectivity index (χ4n) is 0.849. The molecule has 0 N–H and O–H groups in total. The predicted octanol–water partition coefficient (Wildman–Crippen LogP) is 3.97. The normalized spacial score (nSPS) is 10.8. The van der Waals surface area contributed by atoms with Gasteiger partial charge in [-0.3, -0.25) is 0 Å². The van der Waals surface area contributed by atoms with Crippen molar-refractivity contribution in [3.63, 3.8) is 0 Å². The van der Waals surface area contributed by atoms with Crippen LogP contribution in [-0.2, 0) is 4.74 Å². The van der Waals surface area contributed by atoms with Crippen molar-refractivity contribution in [2.24, 2.45) is 0 Å². The summed E-state index contributed by atoms with van der Waals surface area (Å²) in [5.41, 5.74) is 0.850. The number of rotatable bonds is 2. The van der Waals surface area contributed by atoms with E-state index in [9.17, 15) is 4.39 Å². The minimum atomic E-state index is -0.284. The van der Waals surface area contributed by atoms with Gasteiger partial charge in [0, 0.05) is 14.5 Å². The number of hydrogen-bond donors (Lipinski definition) is 0. The summed E-state index contributed by atoms with van der Waals surface area (Å²) >= 11 is 6.50. The average Bonchev–Trinajstić information content (AvgIpc) is 2.02. The average molecular weight is 310 g/mol. The minimum Gasteiger partial charge on any atom is -0.504 e. The molecule has 0 aliphatic heterocycles. The number of halogens is 3. The molecule has 0 radical (unpaired) electrons. The molecular formula is C9H7Br2FO. The fourth-order valence-corrected chi connectivity index (χ4v) is 2.24. The van der Waals surface area contributed by atoms with E-state index in [1.165, 1.54) is 18.4 Å². The largest absolute Gasteiger partial charge is 0.504 e. The molecule has 0 spiro atoms. The van der Waals surface area contributed by atoms with Crippen molar-refractivity contribution in [1.29, 1.82) is 0 Å². The monoisotopic (exact) mass is 308 g/mol. The van der Waals surface area contributed by atoms with Crippen molar-refractivity contribution in [3.8, 4) is 0 Å². The molecule has 4 heteroatoms. The Morgan fingerprint density at radius 3 is 2.31 bits per heavy atom. The second-order valence-electron chi connectivity index (χ2n) is 2.32. The molecule has 0 amide bonds. The highest BCUT2D eigenvalue weighted by Crippen LogP contribution is 2.27. The van der Waals surface area contributed by atoms with Gasteiger partial charge in [-0.15, -0.1) is 0 Å². The van der Waals surface area contributed by atoms with Crippen LogP contribution in [0.4, 0.5) is 4.39 Å². The van der Waals surface area contributed by atoms with Gasteiger partial charge in [0.2, 0.25) is 0 Å². The van der Waals surface area contributed by atoms with Gasteiger partial charge in [0.1, 0.15) is 5.82 Å². The molecule has 0 atom stereocenters. The lowest BCUT2D eigenvalue weighted by Gasteiger charge is -2.02. The van der Waals surface area contributed by atoms with Crippen molar-refractivity contribution in [1.82, 2.24) is 0 Å². The third kappa shape index (κ3) is 2.81. The molecule has 13 heavy (non-hydrogen) atoms. The second-order valence-corrected chi connectivity index (χ2v) is 4.03. The van der Waals surface area contributed by atoms with Crippen LogP contribution >= 0.6 is 31.9 Å². The lowest BCUT2D eigenvalue weighted by Crippen LogP contribution is -1.82. The summed E-state index contributed by atoms with van der Waals surface area (Å²) in [6, 6.07) is 2.81. The van der Waals surface area contributed by atoms with Crippen molar-refractivity contribution >= 4 is 37.9 Å². The molecule has 0 bridgehead atoms. The zero-order chi connectivity index (χ0) is 9.84. The van der Waals surface area contributed by atoms with Gasteiger partial charge in [0.05, 0.1) is 13.4 Å². The maximum Gasteiger partial charge on any atom is 0.125 e. The molecule has 70 valence electrons. The molecule has 1 aromatic carbocycles. The summed E-state index contributed by atoms with van der Waals surface area (Å²) in [5.74, 6) is -0.284. The van der Waals surface area contributed by atoms with Gasteiger partial charge < -0.3 is 4.74 Å². The number of hydrogen-bond acceptors (Lipinski definition) is 1. The number of benzene rings is 1. The standard InChI is InChI=1S/C9H7Br2FO/c1-13-3-2-7-8(10)4-6(12)5-9(7)11/h2-5H,1H3. The van der Waals surface area contributed by atoms with Crippen LogP contribution in [0.25, 0.3) is 6.08 Å². The lowest BCUT2D eigenvalue weighted by molar-refractivity contribution is 0.341. The Bertz CT molecular complexity index is 313. The van der Waals surface area contributed by atoms with Crippen molar-refractivity contribution in [2.45, 2.75) is 0 Å². The van der Waals surface area contributed by atoms with Gasteiger partial charge in [-0.1, -0.05) is 31.9 Å². The van der Waals surface area contributed by atoms with Gasteiger partial charge in [-0.05, 0) is 18.2 Å². The maximum atomic E-state index is 12.8. The van der Waals surface area contributed by atoms with E-state index in [0.29, 0.717) is 8.95 Å². The third-order valence-corrected chi connectivity index (χ3v) is 2.73. The SMILES string of the molecule is COC=Cc1c(Br)cc(F)cc1Br. The van der Waals surface area contributed by atoms with Gasteiger partial charge in [-0.25, -0.2) is 4.39 Å². The summed E-state index contributed by atoms with van der Waals surface area (Å²) in [5, 5.41) is 0. The fraction of sp³-hybridized carbons (Fsp3) is 0.111. The van der Waals surface area contributed by atoms with Crippen LogP contribution in [0.1, 0.15) is 5.56 Å². The summed E-state index contributed by atoms with van der Waals surface area (Å²) in [7, 11) is 1.56. The molecule has 0 fully saturated rings.